The van der Waals surface area contributed by atoms with Crippen LogP contribution in [-0.2, 0) is 6.61 Å². The van der Waals surface area contributed by atoms with Crippen LogP contribution in [0.15, 0.2) is 40.8 Å². The van der Waals surface area contributed by atoms with Crippen molar-refractivity contribution in [3.8, 4) is 0 Å². The molecule has 0 saturated heterocycles. The zero-order valence-corrected chi connectivity index (χ0v) is 13.4. The van der Waals surface area contributed by atoms with Crippen LogP contribution in [-0.4, -0.2) is 11.0 Å². The Morgan fingerprint density at radius 3 is 2.52 bits per heavy atom. The predicted octanol–water partition coefficient (Wildman–Crippen LogP) is 4.10. The Labute approximate surface area is 134 Å². The Kier molecular flexibility index (Phi) is 3.92. The van der Waals surface area contributed by atoms with E-state index in [-0.39, 0.29) is 18.3 Å². The van der Waals surface area contributed by atoms with Crippen molar-refractivity contribution in [1.29, 1.82) is 0 Å². The zero-order chi connectivity index (χ0) is 16.6. The molecular formula is C19H19NO3. The molecule has 2 aromatic carbocycles. The number of hydrogen-bond donors (Lipinski definition) is 2. The van der Waals surface area contributed by atoms with Crippen molar-refractivity contribution in [2.24, 2.45) is 0 Å². The topological polar surface area (TPSA) is 62.5 Å². The standard InChI is InChI=1S/C19H19NO3/c1-11-4-5-14(10-21)8-16(11)20-19(22)18-9-15-6-12(2)13(3)7-17(15)23-18/h4-9,21H,10H2,1-3H3,(H,20,22). The van der Waals surface area contributed by atoms with Gasteiger partial charge in [-0.25, -0.2) is 0 Å². The van der Waals surface area contributed by atoms with Crippen molar-refractivity contribution >= 4 is 22.6 Å². The summed E-state index contributed by atoms with van der Waals surface area (Å²) in [5.74, 6) is -0.0199. The van der Waals surface area contributed by atoms with Crippen LogP contribution >= 0.6 is 0 Å². The number of aryl methyl sites for hydroxylation is 3. The van der Waals surface area contributed by atoms with Crippen LogP contribution in [0.2, 0.25) is 0 Å². The van der Waals surface area contributed by atoms with E-state index in [0.29, 0.717) is 11.3 Å². The number of nitrogens with one attached hydrogen (secondary N) is 1. The smallest absolute Gasteiger partial charge is 0.291 e. The lowest BCUT2D eigenvalue weighted by Crippen LogP contribution is -2.12. The first kappa shape index (κ1) is 15.3. The number of amides is 1. The van der Waals surface area contributed by atoms with E-state index >= 15 is 0 Å². The fourth-order valence-corrected chi connectivity index (χ4v) is 2.50. The van der Waals surface area contributed by atoms with Gasteiger partial charge >= 0.3 is 0 Å². The number of anilines is 1. The van der Waals surface area contributed by atoms with E-state index in [9.17, 15) is 9.90 Å². The average Bonchev–Trinajstić information content (AvgIpc) is 2.93. The van der Waals surface area contributed by atoms with E-state index in [0.717, 1.165) is 27.6 Å². The second-order valence-electron chi connectivity index (χ2n) is 5.85. The number of rotatable bonds is 3. The minimum atomic E-state index is -0.297. The van der Waals surface area contributed by atoms with Crippen LogP contribution in [0, 0.1) is 20.8 Å². The summed E-state index contributed by atoms with van der Waals surface area (Å²) in [4.78, 5) is 12.4. The zero-order valence-electron chi connectivity index (χ0n) is 13.4. The van der Waals surface area contributed by atoms with Gasteiger partial charge in [0.05, 0.1) is 6.61 Å². The minimum absolute atomic E-state index is 0.0632. The molecule has 0 aliphatic heterocycles. The van der Waals surface area contributed by atoms with Gasteiger partial charge in [0.25, 0.3) is 5.91 Å². The third-order valence-corrected chi connectivity index (χ3v) is 4.09. The summed E-state index contributed by atoms with van der Waals surface area (Å²) >= 11 is 0. The van der Waals surface area contributed by atoms with Crippen molar-refractivity contribution in [1.82, 2.24) is 0 Å². The highest BCUT2D eigenvalue weighted by Gasteiger charge is 2.14. The molecule has 0 bridgehead atoms. The Morgan fingerprint density at radius 2 is 1.78 bits per heavy atom. The quantitative estimate of drug-likeness (QED) is 0.765. The number of hydrogen-bond acceptors (Lipinski definition) is 3. The summed E-state index contributed by atoms with van der Waals surface area (Å²) in [6.07, 6.45) is 0. The second-order valence-corrected chi connectivity index (χ2v) is 5.85. The Hall–Kier alpha value is -2.59. The summed E-state index contributed by atoms with van der Waals surface area (Å²) in [5, 5.41) is 13.0. The van der Waals surface area contributed by atoms with Crippen LogP contribution in [0.1, 0.15) is 32.8 Å². The average molecular weight is 309 g/mol. The molecule has 0 aliphatic rings. The number of aliphatic hydroxyl groups is 1. The highest BCUT2D eigenvalue weighted by Crippen LogP contribution is 2.24. The van der Waals surface area contributed by atoms with Crippen molar-refractivity contribution in [2.75, 3.05) is 5.32 Å². The Balaban J connectivity index is 1.92. The first-order valence-corrected chi connectivity index (χ1v) is 7.50. The molecule has 3 aromatic rings. The number of carbonyl (C=O) groups is 1. The van der Waals surface area contributed by atoms with E-state index in [1.54, 1.807) is 12.1 Å². The molecule has 1 heterocycles. The summed E-state index contributed by atoms with van der Waals surface area (Å²) < 4.78 is 5.67. The number of furan rings is 1. The van der Waals surface area contributed by atoms with Crippen molar-refractivity contribution in [3.63, 3.8) is 0 Å². The summed E-state index contributed by atoms with van der Waals surface area (Å²) in [5.41, 5.74) is 5.36. The molecule has 23 heavy (non-hydrogen) atoms. The maximum Gasteiger partial charge on any atom is 0.291 e. The highest BCUT2D eigenvalue weighted by molar-refractivity contribution is 6.05. The second kappa shape index (κ2) is 5.89. The van der Waals surface area contributed by atoms with Gasteiger partial charge in [0, 0.05) is 11.1 Å². The van der Waals surface area contributed by atoms with Crippen molar-refractivity contribution in [3.05, 3.63) is 64.4 Å². The lowest BCUT2D eigenvalue weighted by atomic mass is 10.1. The molecule has 0 unspecified atom stereocenters. The molecule has 0 aliphatic carbocycles. The van der Waals surface area contributed by atoms with Crippen LogP contribution in [0.25, 0.3) is 11.0 Å². The van der Waals surface area contributed by atoms with E-state index < -0.39 is 0 Å². The number of aliphatic hydroxyl groups excluding tert-OH is 1. The van der Waals surface area contributed by atoms with E-state index in [4.69, 9.17) is 4.42 Å². The molecule has 4 nitrogen and oxygen atoms in total. The van der Waals surface area contributed by atoms with Crippen LogP contribution in [0.5, 0.6) is 0 Å². The molecule has 0 atom stereocenters. The van der Waals surface area contributed by atoms with Gasteiger partial charge in [0.1, 0.15) is 5.58 Å². The van der Waals surface area contributed by atoms with Gasteiger partial charge in [-0.2, -0.15) is 0 Å². The van der Waals surface area contributed by atoms with Gasteiger partial charge in [-0.15, -0.1) is 0 Å². The van der Waals surface area contributed by atoms with Gasteiger partial charge in [-0.1, -0.05) is 12.1 Å². The molecule has 118 valence electrons. The van der Waals surface area contributed by atoms with Gasteiger partial charge in [0.2, 0.25) is 0 Å². The largest absolute Gasteiger partial charge is 0.451 e. The maximum atomic E-state index is 12.4. The summed E-state index contributed by atoms with van der Waals surface area (Å²) in [6, 6.07) is 11.2. The third-order valence-electron chi connectivity index (χ3n) is 4.09. The Morgan fingerprint density at radius 1 is 1.04 bits per heavy atom. The molecule has 0 radical (unpaired) electrons. The fraction of sp³-hybridized carbons (Fsp3) is 0.211. The number of fused-ring (bicyclic) bond motifs is 1. The van der Waals surface area contributed by atoms with E-state index in [2.05, 4.69) is 5.32 Å². The molecule has 2 N–H and O–H groups in total. The molecule has 1 aromatic heterocycles. The van der Waals surface area contributed by atoms with Gasteiger partial charge in [-0.3, -0.25) is 4.79 Å². The van der Waals surface area contributed by atoms with Crippen molar-refractivity contribution in [2.45, 2.75) is 27.4 Å². The molecule has 3 rings (SSSR count). The maximum absolute atomic E-state index is 12.4. The summed E-state index contributed by atoms with van der Waals surface area (Å²) in [7, 11) is 0. The molecule has 4 heteroatoms. The molecule has 0 fully saturated rings. The van der Waals surface area contributed by atoms with Gasteiger partial charge < -0.3 is 14.8 Å². The molecule has 1 amide bonds. The normalized spacial score (nSPS) is 11.0. The Bertz CT molecular complexity index is 854. The van der Waals surface area contributed by atoms with Gasteiger partial charge in [0.15, 0.2) is 5.76 Å². The number of benzene rings is 2. The molecule has 0 spiro atoms. The van der Waals surface area contributed by atoms with Gasteiger partial charge in [-0.05, 0) is 67.3 Å². The number of carbonyl (C=O) groups excluding carboxylic acids is 1. The predicted molar refractivity (Wildman–Crippen MR) is 90.7 cm³/mol. The monoisotopic (exact) mass is 309 g/mol. The van der Waals surface area contributed by atoms with Crippen LogP contribution in [0.4, 0.5) is 5.69 Å². The van der Waals surface area contributed by atoms with Crippen LogP contribution in [0.3, 0.4) is 0 Å². The molecule has 0 saturated carbocycles. The fourth-order valence-electron chi connectivity index (χ4n) is 2.50. The minimum Gasteiger partial charge on any atom is -0.451 e. The lowest BCUT2D eigenvalue weighted by Gasteiger charge is -2.08. The van der Waals surface area contributed by atoms with E-state index in [1.807, 2.05) is 45.0 Å². The SMILES string of the molecule is Cc1cc2cc(C(=O)Nc3cc(CO)ccc3C)oc2cc1C. The third kappa shape index (κ3) is 2.98. The lowest BCUT2D eigenvalue weighted by molar-refractivity contribution is 0.0998. The summed E-state index contributed by atoms with van der Waals surface area (Å²) in [6.45, 7) is 5.89. The van der Waals surface area contributed by atoms with Crippen LogP contribution < -0.4 is 5.32 Å². The highest BCUT2D eigenvalue weighted by atomic mass is 16.3. The van der Waals surface area contributed by atoms with E-state index in [1.165, 1.54) is 0 Å². The first-order valence-electron chi connectivity index (χ1n) is 7.50. The van der Waals surface area contributed by atoms with Crippen molar-refractivity contribution < 1.29 is 14.3 Å². The molecular weight excluding hydrogens is 290 g/mol. The first-order chi connectivity index (χ1) is 11.0.